The predicted molar refractivity (Wildman–Crippen MR) is 90.9 cm³/mol. The maximum absolute atomic E-state index is 11.9. The Labute approximate surface area is 148 Å². The van der Waals surface area contributed by atoms with Gasteiger partial charge in [-0.25, -0.2) is 0 Å². The van der Waals surface area contributed by atoms with Crippen LogP contribution in [0.1, 0.15) is 38.5 Å². The highest BCUT2D eigenvalue weighted by atomic mass is 16.5. The van der Waals surface area contributed by atoms with E-state index in [1.54, 1.807) is 6.08 Å². The maximum Gasteiger partial charge on any atom is 0.307 e. The van der Waals surface area contributed by atoms with E-state index in [0.29, 0.717) is 30.3 Å². The van der Waals surface area contributed by atoms with Crippen LogP contribution in [0.3, 0.4) is 0 Å². The zero-order valence-corrected chi connectivity index (χ0v) is 15.2. The standard InChI is InChI=1S/C17H29NO7/c1-18(2,3)12-14(11-16(22)23)25-17(24)10-6-8-13(19)7-4-5-9-15(20)21/h4-5,13-14,19H,6-12H2,1-3H3,(H-,20,21,22,23)/p+1/b5-4+. The third-order valence-electron chi connectivity index (χ3n) is 3.24. The van der Waals surface area contributed by atoms with E-state index in [-0.39, 0.29) is 19.3 Å². The highest BCUT2D eigenvalue weighted by Crippen LogP contribution is 2.10. The van der Waals surface area contributed by atoms with Gasteiger partial charge in [0.15, 0.2) is 6.10 Å². The molecule has 0 saturated carbocycles. The van der Waals surface area contributed by atoms with Crippen LogP contribution in [0.2, 0.25) is 0 Å². The van der Waals surface area contributed by atoms with Gasteiger partial charge in [-0.1, -0.05) is 12.2 Å². The highest BCUT2D eigenvalue weighted by molar-refractivity contribution is 5.71. The molecule has 0 aliphatic carbocycles. The van der Waals surface area contributed by atoms with Crippen molar-refractivity contribution in [2.24, 2.45) is 0 Å². The van der Waals surface area contributed by atoms with Crippen LogP contribution in [0.5, 0.6) is 0 Å². The van der Waals surface area contributed by atoms with Crippen molar-refractivity contribution >= 4 is 17.9 Å². The minimum Gasteiger partial charge on any atom is -0.481 e. The summed E-state index contributed by atoms with van der Waals surface area (Å²) in [6.45, 7) is 0.398. The normalized spacial score (nSPS) is 14.2. The smallest absolute Gasteiger partial charge is 0.307 e. The average molecular weight is 360 g/mol. The van der Waals surface area contributed by atoms with Crippen LogP contribution < -0.4 is 0 Å². The Hall–Kier alpha value is -1.93. The zero-order chi connectivity index (χ0) is 19.5. The van der Waals surface area contributed by atoms with E-state index >= 15 is 0 Å². The van der Waals surface area contributed by atoms with E-state index in [4.69, 9.17) is 14.9 Å². The minimum atomic E-state index is -1.02. The van der Waals surface area contributed by atoms with Crippen molar-refractivity contribution in [3.63, 3.8) is 0 Å². The summed E-state index contributed by atoms with van der Waals surface area (Å²) in [6.07, 6.45) is 2.63. The van der Waals surface area contributed by atoms with Gasteiger partial charge in [-0.3, -0.25) is 14.4 Å². The van der Waals surface area contributed by atoms with Crippen LogP contribution in [0.25, 0.3) is 0 Å². The Balaban J connectivity index is 4.15. The lowest BCUT2D eigenvalue weighted by atomic mass is 10.1. The SMILES string of the molecule is C[N+](C)(C)CC(CC(=O)O)OC(=O)CCCC(O)C/C=C/CC(=O)O. The van der Waals surface area contributed by atoms with Gasteiger partial charge in [0, 0.05) is 6.42 Å². The van der Waals surface area contributed by atoms with Gasteiger partial charge in [-0.2, -0.15) is 0 Å². The first-order chi connectivity index (χ1) is 11.5. The van der Waals surface area contributed by atoms with Gasteiger partial charge >= 0.3 is 17.9 Å². The Morgan fingerprint density at radius 3 is 2.24 bits per heavy atom. The summed E-state index contributed by atoms with van der Waals surface area (Å²) in [5.41, 5.74) is 0. The summed E-state index contributed by atoms with van der Waals surface area (Å²) in [7, 11) is 5.66. The van der Waals surface area contributed by atoms with Crippen LogP contribution in [-0.2, 0) is 19.1 Å². The van der Waals surface area contributed by atoms with Crippen LogP contribution in [-0.4, -0.2) is 77.6 Å². The summed E-state index contributed by atoms with van der Waals surface area (Å²) in [5.74, 6) is -2.43. The molecular formula is C17H30NO7+. The van der Waals surface area contributed by atoms with Crippen LogP contribution in [0.15, 0.2) is 12.2 Å². The number of carbonyl (C=O) groups excluding carboxylic acids is 1. The summed E-state index contributed by atoms with van der Waals surface area (Å²) < 4.78 is 5.73. The first kappa shape index (κ1) is 23.1. The van der Waals surface area contributed by atoms with Crippen molar-refractivity contribution in [3.05, 3.63) is 12.2 Å². The van der Waals surface area contributed by atoms with Crippen molar-refractivity contribution in [1.29, 1.82) is 0 Å². The summed E-state index contributed by atoms with van der Waals surface area (Å²) in [5, 5.41) is 27.1. The third kappa shape index (κ3) is 15.3. The molecule has 0 aromatic rings. The number of carbonyl (C=O) groups is 3. The minimum absolute atomic E-state index is 0.0870. The van der Waals surface area contributed by atoms with Crippen molar-refractivity contribution < 1.29 is 38.9 Å². The quantitative estimate of drug-likeness (QED) is 0.255. The molecule has 0 spiro atoms. The van der Waals surface area contributed by atoms with E-state index in [2.05, 4.69) is 0 Å². The van der Waals surface area contributed by atoms with Gasteiger partial charge in [-0.05, 0) is 19.3 Å². The first-order valence-electron chi connectivity index (χ1n) is 8.26. The van der Waals surface area contributed by atoms with Crippen LogP contribution in [0, 0.1) is 0 Å². The molecule has 144 valence electrons. The van der Waals surface area contributed by atoms with E-state index in [1.165, 1.54) is 6.08 Å². The predicted octanol–water partition coefficient (Wildman–Crippen LogP) is 1.03. The molecule has 0 rings (SSSR count). The van der Waals surface area contributed by atoms with E-state index in [1.807, 2.05) is 21.1 Å². The molecule has 0 radical (unpaired) electrons. The van der Waals surface area contributed by atoms with E-state index in [0.717, 1.165) is 0 Å². The molecule has 0 amide bonds. The van der Waals surface area contributed by atoms with Crippen LogP contribution >= 0.6 is 0 Å². The van der Waals surface area contributed by atoms with Gasteiger partial charge in [-0.15, -0.1) is 0 Å². The average Bonchev–Trinajstić information content (AvgIpc) is 2.40. The Morgan fingerprint density at radius 2 is 1.72 bits per heavy atom. The number of carboxylic acids is 2. The number of ether oxygens (including phenoxy) is 1. The molecule has 8 nitrogen and oxygen atoms in total. The molecule has 0 saturated heterocycles. The van der Waals surface area contributed by atoms with Crippen molar-refractivity contribution in [2.75, 3.05) is 27.7 Å². The van der Waals surface area contributed by atoms with Gasteiger partial charge in [0.25, 0.3) is 0 Å². The van der Waals surface area contributed by atoms with Gasteiger partial charge in [0.1, 0.15) is 6.54 Å². The van der Waals surface area contributed by atoms with Crippen molar-refractivity contribution in [2.45, 2.75) is 50.7 Å². The van der Waals surface area contributed by atoms with Crippen molar-refractivity contribution in [3.8, 4) is 0 Å². The Kier molecular flexibility index (Phi) is 10.7. The molecule has 0 fully saturated rings. The molecule has 0 heterocycles. The number of nitrogens with zero attached hydrogens (tertiary/aromatic N) is 1. The molecule has 0 aliphatic rings. The summed E-state index contributed by atoms with van der Waals surface area (Å²) in [6, 6.07) is 0. The monoisotopic (exact) mass is 360 g/mol. The molecule has 2 atom stereocenters. The first-order valence-corrected chi connectivity index (χ1v) is 8.26. The van der Waals surface area contributed by atoms with Gasteiger partial charge in [0.2, 0.25) is 0 Å². The fourth-order valence-electron chi connectivity index (χ4n) is 2.23. The molecule has 2 unspecified atom stereocenters. The number of hydrogen-bond donors (Lipinski definition) is 3. The second-order valence-electron chi connectivity index (χ2n) is 7.03. The lowest BCUT2D eigenvalue weighted by Gasteiger charge is -2.28. The zero-order valence-electron chi connectivity index (χ0n) is 15.2. The largest absolute Gasteiger partial charge is 0.481 e. The number of carboxylic acid groups (broad SMARTS) is 2. The maximum atomic E-state index is 11.9. The summed E-state index contributed by atoms with van der Waals surface area (Å²) >= 11 is 0. The number of hydrogen-bond acceptors (Lipinski definition) is 5. The molecule has 0 aliphatic heterocycles. The molecule has 25 heavy (non-hydrogen) atoms. The number of esters is 1. The lowest BCUT2D eigenvalue weighted by molar-refractivity contribution is -0.873. The third-order valence-corrected chi connectivity index (χ3v) is 3.24. The second kappa shape index (κ2) is 11.6. The number of aliphatic carboxylic acids is 2. The fourth-order valence-corrected chi connectivity index (χ4v) is 2.23. The highest BCUT2D eigenvalue weighted by Gasteiger charge is 2.24. The lowest BCUT2D eigenvalue weighted by Crippen LogP contribution is -2.43. The Morgan fingerprint density at radius 1 is 1.08 bits per heavy atom. The molecule has 8 heteroatoms. The van der Waals surface area contributed by atoms with Crippen LogP contribution in [0.4, 0.5) is 0 Å². The molecule has 0 aromatic heterocycles. The summed E-state index contributed by atoms with van der Waals surface area (Å²) in [4.78, 5) is 33.1. The molecular weight excluding hydrogens is 330 g/mol. The topological polar surface area (TPSA) is 121 Å². The molecule has 3 N–H and O–H groups in total. The van der Waals surface area contributed by atoms with E-state index in [9.17, 15) is 19.5 Å². The van der Waals surface area contributed by atoms with Gasteiger partial charge in [0.05, 0.1) is 40.1 Å². The molecule has 0 aromatic carbocycles. The number of rotatable bonds is 13. The molecule has 0 bridgehead atoms. The second-order valence-corrected chi connectivity index (χ2v) is 7.03. The number of quaternary nitrogens is 1. The van der Waals surface area contributed by atoms with E-state index < -0.39 is 30.1 Å². The van der Waals surface area contributed by atoms with Crippen molar-refractivity contribution in [1.82, 2.24) is 0 Å². The fraction of sp³-hybridized carbons (Fsp3) is 0.706. The number of likely N-dealkylation sites (N-methyl/N-ethyl adjacent to an activating group) is 1. The number of aliphatic hydroxyl groups excluding tert-OH is 1. The Bertz CT molecular complexity index is 468. The number of aliphatic hydroxyl groups is 1. The van der Waals surface area contributed by atoms with Gasteiger partial charge < -0.3 is 24.5 Å².